The Morgan fingerprint density at radius 2 is 2.10 bits per heavy atom. The molecular formula is C15H11ClN2OS. The summed E-state index contributed by atoms with van der Waals surface area (Å²) in [6.45, 7) is 0.590. The first-order chi connectivity index (χ1) is 9.74. The van der Waals surface area contributed by atoms with Crippen LogP contribution >= 0.6 is 23.8 Å². The number of aromatic nitrogens is 2. The number of fused-ring (bicyclic) bond motifs is 2. The standard InChI is InChI=1S/C15H11ClN2OS/c16-9-5-6-11-12(7-9)18(15(20)17-11)13-8-19-14-4-2-1-3-10(13)14/h1-7,13H,8H2,(H,17,20). The smallest absolute Gasteiger partial charge is 0.178 e. The van der Waals surface area contributed by atoms with Crippen molar-refractivity contribution >= 4 is 34.9 Å². The highest BCUT2D eigenvalue weighted by Crippen LogP contribution is 2.36. The molecule has 0 saturated heterocycles. The van der Waals surface area contributed by atoms with E-state index in [2.05, 4.69) is 15.6 Å². The monoisotopic (exact) mass is 302 g/mol. The molecule has 1 aromatic heterocycles. The van der Waals surface area contributed by atoms with Crippen LogP contribution in [0, 0.1) is 4.77 Å². The minimum Gasteiger partial charge on any atom is -0.491 e. The Morgan fingerprint density at radius 3 is 3.00 bits per heavy atom. The molecule has 5 heteroatoms. The Bertz CT molecular complexity index is 868. The lowest BCUT2D eigenvalue weighted by molar-refractivity contribution is 0.318. The topological polar surface area (TPSA) is 29.9 Å². The van der Waals surface area contributed by atoms with Crippen LogP contribution in [0.25, 0.3) is 11.0 Å². The molecule has 4 rings (SSSR count). The number of halogens is 1. The third kappa shape index (κ3) is 1.69. The molecule has 1 aliphatic heterocycles. The Labute approximate surface area is 125 Å². The van der Waals surface area contributed by atoms with Gasteiger partial charge in [-0.2, -0.15) is 0 Å². The van der Waals surface area contributed by atoms with E-state index in [-0.39, 0.29) is 6.04 Å². The molecule has 1 aliphatic rings. The van der Waals surface area contributed by atoms with Gasteiger partial charge in [-0.3, -0.25) is 0 Å². The van der Waals surface area contributed by atoms with Crippen molar-refractivity contribution in [1.29, 1.82) is 0 Å². The molecular weight excluding hydrogens is 292 g/mol. The summed E-state index contributed by atoms with van der Waals surface area (Å²) in [4.78, 5) is 3.23. The third-order valence-electron chi connectivity index (χ3n) is 3.67. The highest BCUT2D eigenvalue weighted by atomic mass is 35.5. The fourth-order valence-corrected chi connectivity index (χ4v) is 3.27. The number of hydrogen-bond donors (Lipinski definition) is 1. The number of nitrogens with zero attached hydrogens (tertiary/aromatic N) is 1. The van der Waals surface area contributed by atoms with Crippen LogP contribution in [0.15, 0.2) is 42.5 Å². The van der Waals surface area contributed by atoms with Gasteiger partial charge in [0, 0.05) is 10.6 Å². The van der Waals surface area contributed by atoms with E-state index >= 15 is 0 Å². The van der Waals surface area contributed by atoms with Crippen LogP contribution < -0.4 is 4.74 Å². The molecule has 2 aromatic carbocycles. The van der Waals surface area contributed by atoms with Crippen LogP contribution in [0.2, 0.25) is 5.02 Å². The van der Waals surface area contributed by atoms with Gasteiger partial charge in [0.05, 0.1) is 17.1 Å². The molecule has 0 radical (unpaired) electrons. The largest absolute Gasteiger partial charge is 0.491 e. The zero-order valence-corrected chi connectivity index (χ0v) is 12.0. The van der Waals surface area contributed by atoms with Gasteiger partial charge in [-0.15, -0.1) is 0 Å². The van der Waals surface area contributed by atoms with Crippen LogP contribution in [-0.4, -0.2) is 16.2 Å². The molecule has 0 aliphatic carbocycles. The number of imidazole rings is 1. The first-order valence-electron chi connectivity index (χ1n) is 6.35. The summed E-state index contributed by atoms with van der Waals surface area (Å²) >= 11 is 11.6. The number of para-hydroxylation sites is 1. The van der Waals surface area contributed by atoms with E-state index in [0.29, 0.717) is 16.4 Å². The van der Waals surface area contributed by atoms with Crippen molar-refractivity contribution in [2.24, 2.45) is 0 Å². The van der Waals surface area contributed by atoms with E-state index in [0.717, 1.165) is 22.3 Å². The minimum atomic E-state index is 0.0888. The van der Waals surface area contributed by atoms with Crippen molar-refractivity contribution < 1.29 is 4.74 Å². The van der Waals surface area contributed by atoms with Crippen molar-refractivity contribution in [3.63, 3.8) is 0 Å². The SMILES string of the molecule is S=c1[nH]c2ccc(Cl)cc2n1C1COc2ccccc21. The minimum absolute atomic E-state index is 0.0888. The molecule has 3 nitrogen and oxygen atoms in total. The van der Waals surface area contributed by atoms with Crippen molar-refractivity contribution in [2.75, 3.05) is 6.61 Å². The highest BCUT2D eigenvalue weighted by Gasteiger charge is 2.27. The van der Waals surface area contributed by atoms with Crippen molar-refractivity contribution in [1.82, 2.24) is 9.55 Å². The van der Waals surface area contributed by atoms with Gasteiger partial charge in [-0.25, -0.2) is 0 Å². The van der Waals surface area contributed by atoms with E-state index in [1.807, 2.05) is 36.4 Å². The van der Waals surface area contributed by atoms with E-state index in [1.165, 1.54) is 0 Å². The molecule has 0 spiro atoms. The lowest BCUT2D eigenvalue weighted by atomic mass is 10.1. The van der Waals surface area contributed by atoms with Crippen molar-refractivity contribution in [3.8, 4) is 5.75 Å². The highest BCUT2D eigenvalue weighted by molar-refractivity contribution is 7.71. The fourth-order valence-electron chi connectivity index (χ4n) is 2.76. The predicted octanol–water partition coefficient (Wildman–Crippen LogP) is 4.33. The zero-order chi connectivity index (χ0) is 13.7. The number of aromatic amines is 1. The van der Waals surface area contributed by atoms with Crippen LogP contribution in [0.5, 0.6) is 5.75 Å². The van der Waals surface area contributed by atoms with Crippen molar-refractivity contribution in [3.05, 3.63) is 57.8 Å². The number of rotatable bonds is 1. The molecule has 100 valence electrons. The van der Waals surface area contributed by atoms with E-state index in [1.54, 1.807) is 0 Å². The van der Waals surface area contributed by atoms with Gasteiger partial charge in [-0.1, -0.05) is 29.8 Å². The summed E-state index contributed by atoms with van der Waals surface area (Å²) in [5.41, 5.74) is 3.15. The molecule has 1 N–H and O–H groups in total. The molecule has 0 fully saturated rings. The second kappa shape index (κ2) is 4.36. The molecule has 1 unspecified atom stereocenters. The molecule has 2 heterocycles. The summed E-state index contributed by atoms with van der Waals surface area (Å²) in [5.74, 6) is 0.927. The summed E-state index contributed by atoms with van der Waals surface area (Å²) in [7, 11) is 0. The summed E-state index contributed by atoms with van der Waals surface area (Å²) < 4.78 is 8.53. The molecule has 20 heavy (non-hydrogen) atoms. The number of ether oxygens (including phenoxy) is 1. The molecule has 0 bridgehead atoms. The van der Waals surface area contributed by atoms with Crippen LogP contribution in [0.1, 0.15) is 11.6 Å². The van der Waals surface area contributed by atoms with E-state index in [9.17, 15) is 0 Å². The molecule has 0 saturated carbocycles. The Hall–Kier alpha value is -1.78. The number of H-pyrrole nitrogens is 1. The molecule has 0 amide bonds. The Kier molecular flexibility index (Phi) is 2.62. The lowest BCUT2D eigenvalue weighted by Crippen LogP contribution is -2.12. The van der Waals surface area contributed by atoms with E-state index < -0.39 is 0 Å². The summed E-state index contributed by atoms with van der Waals surface area (Å²) in [6, 6.07) is 13.9. The van der Waals surface area contributed by atoms with Crippen molar-refractivity contribution in [2.45, 2.75) is 6.04 Å². The maximum atomic E-state index is 6.11. The molecule has 1 atom stereocenters. The normalized spacial score (nSPS) is 17.1. The second-order valence-corrected chi connectivity index (χ2v) is 5.65. The second-order valence-electron chi connectivity index (χ2n) is 4.83. The van der Waals surface area contributed by atoms with Crippen LogP contribution in [0.4, 0.5) is 0 Å². The first kappa shape index (κ1) is 12.0. The molecule has 3 aromatic rings. The van der Waals surface area contributed by atoms with Gasteiger partial charge in [0.15, 0.2) is 4.77 Å². The predicted molar refractivity (Wildman–Crippen MR) is 82.2 cm³/mol. The number of benzene rings is 2. The van der Waals surface area contributed by atoms with Gasteiger partial charge >= 0.3 is 0 Å². The third-order valence-corrected chi connectivity index (χ3v) is 4.20. The average Bonchev–Trinajstić information content (AvgIpc) is 2.99. The number of hydrogen-bond acceptors (Lipinski definition) is 2. The average molecular weight is 303 g/mol. The summed E-state index contributed by atoms with van der Waals surface area (Å²) in [5, 5.41) is 0.701. The van der Waals surface area contributed by atoms with E-state index in [4.69, 9.17) is 28.6 Å². The maximum Gasteiger partial charge on any atom is 0.178 e. The Morgan fingerprint density at radius 1 is 1.25 bits per heavy atom. The first-order valence-corrected chi connectivity index (χ1v) is 7.14. The maximum absolute atomic E-state index is 6.11. The van der Waals surface area contributed by atoms with Crippen LogP contribution in [0.3, 0.4) is 0 Å². The van der Waals surface area contributed by atoms with Gasteiger partial charge < -0.3 is 14.3 Å². The van der Waals surface area contributed by atoms with Gasteiger partial charge in [-0.05, 0) is 36.5 Å². The fraction of sp³-hybridized carbons (Fsp3) is 0.133. The Balaban J connectivity index is 1.98. The van der Waals surface area contributed by atoms with Gasteiger partial charge in [0.2, 0.25) is 0 Å². The lowest BCUT2D eigenvalue weighted by Gasteiger charge is -2.12. The quantitative estimate of drug-likeness (QED) is 0.678. The van der Waals surface area contributed by atoms with Gasteiger partial charge in [0.25, 0.3) is 0 Å². The van der Waals surface area contributed by atoms with Crippen LogP contribution in [-0.2, 0) is 0 Å². The summed E-state index contributed by atoms with van der Waals surface area (Å²) in [6.07, 6.45) is 0. The van der Waals surface area contributed by atoms with Gasteiger partial charge in [0.1, 0.15) is 12.4 Å². The zero-order valence-electron chi connectivity index (χ0n) is 10.5. The number of nitrogens with one attached hydrogen (secondary N) is 1.